The van der Waals surface area contributed by atoms with Gasteiger partial charge in [0.25, 0.3) is 0 Å². The first kappa shape index (κ1) is 20.8. The first-order valence-corrected chi connectivity index (χ1v) is 9.66. The van der Waals surface area contributed by atoms with Gasteiger partial charge in [-0.2, -0.15) is 0 Å². The van der Waals surface area contributed by atoms with Crippen LogP contribution in [0.5, 0.6) is 0 Å². The van der Waals surface area contributed by atoms with Crippen LogP contribution >= 0.6 is 0 Å². The second-order valence-corrected chi connectivity index (χ2v) is 8.19. The number of nitrogens with one attached hydrogen (secondary N) is 1. The van der Waals surface area contributed by atoms with Gasteiger partial charge in [0.15, 0.2) is 0 Å². The van der Waals surface area contributed by atoms with Crippen molar-refractivity contribution in [2.75, 3.05) is 11.4 Å². The predicted molar refractivity (Wildman–Crippen MR) is 108 cm³/mol. The Morgan fingerprint density at radius 2 is 1.90 bits per heavy atom. The molecule has 2 atom stereocenters. The van der Waals surface area contributed by atoms with Crippen LogP contribution in [0.4, 0.5) is 15.0 Å². The number of pyridine rings is 1. The van der Waals surface area contributed by atoms with Gasteiger partial charge in [-0.25, -0.2) is 14.2 Å². The zero-order valence-corrected chi connectivity index (χ0v) is 17.1. The molecule has 1 aliphatic heterocycles. The van der Waals surface area contributed by atoms with Gasteiger partial charge in [0.05, 0.1) is 12.0 Å². The molecule has 1 N–H and O–H groups in total. The molecule has 6 nitrogen and oxygen atoms in total. The highest BCUT2D eigenvalue weighted by molar-refractivity contribution is 5.96. The normalized spacial score (nSPS) is 15.4. The van der Waals surface area contributed by atoms with E-state index in [4.69, 9.17) is 4.74 Å². The molecule has 0 saturated heterocycles. The van der Waals surface area contributed by atoms with Crippen molar-refractivity contribution >= 4 is 17.8 Å². The van der Waals surface area contributed by atoms with Crippen LogP contribution in [-0.4, -0.2) is 29.1 Å². The molecule has 7 heteroatoms. The van der Waals surface area contributed by atoms with Crippen LogP contribution in [-0.2, 0) is 16.0 Å². The smallest absolute Gasteiger partial charge is 0.408 e. The molecule has 2 aromatic rings. The third-order valence-electron chi connectivity index (χ3n) is 4.78. The number of benzene rings is 1. The number of ether oxygens (including phenoxy) is 1. The molecule has 2 heterocycles. The van der Waals surface area contributed by atoms with E-state index >= 15 is 0 Å². The maximum Gasteiger partial charge on any atom is 0.408 e. The number of nitrogens with zero attached hydrogens (tertiary/aromatic N) is 2. The average molecular weight is 399 g/mol. The number of hydrogen-bond donors (Lipinski definition) is 1. The summed E-state index contributed by atoms with van der Waals surface area (Å²) in [4.78, 5) is 31.7. The number of halogens is 1. The number of aromatic nitrogens is 1. The molecule has 0 unspecified atom stereocenters. The molecule has 1 aliphatic rings. The van der Waals surface area contributed by atoms with Crippen LogP contribution in [0.2, 0.25) is 0 Å². The molecule has 0 saturated carbocycles. The fraction of sp³-hybridized carbons (Fsp3) is 0.409. The zero-order valence-electron chi connectivity index (χ0n) is 17.1. The first-order valence-electron chi connectivity index (χ1n) is 9.66. The Bertz CT molecular complexity index is 893. The number of carbonyl (C=O) groups is 2. The van der Waals surface area contributed by atoms with Crippen molar-refractivity contribution in [3.8, 4) is 0 Å². The molecule has 2 amide bonds. The summed E-state index contributed by atoms with van der Waals surface area (Å²) in [5.41, 5.74) is 0.965. The topological polar surface area (TPSA) is 71.5 Å². The summed E-state index contributed by atoms with van der Waals surface area (Å²) >= 11 is 0. The maximum atomic E-state index is 13.4. The van der Waals surface area contributed by atoms with Gasteiger partial charge in [0.2, 0.25) is 5.91 Å². The van der Waals surface area contributed by atoms with E-state index in [0.29, 0.717) is 17.9 Å². The van der Waals surface area contributed by atoms with Gasteiger partial charge in [-0.05, 0) is 56.5 Å². The van der Waals surface area contributed by atoms with E-state index in [-0.39, 0.29) is 11.7 Å². The van der Waals surface area contributed by atoms with Gasteiger partial charge in [0, 0.05) is 12.7 Å². The van der Waals surface area contributed by atoms with Crippen molar-refractivity contribution in [3.63, 3.8) is 0 Å². The molecule has 29 heavy (non-hydrogen) atoms. The van der Waals surface area contributed by atoms with Crippen molar-refractivity contribution in [1.82, 2.24) is 10.3 Å². The molecular weight excluding hydrogens is 373 g/mol. The minimum absolute atomic E-state index is 0.159. The van der Waals surface area contributed by atoms with Gasteiger partial charge in [-0.15, -0.1) is 0 Å². The van der Waals surface area contributed by atoms with E-state index in [1.165, 1.54) is 12.1 Å². The lowest BCUT2D eigenvalue weighted by Crippen LogP contribution is -2.43. The van der Waals surface area contributed by atoms with Gasteiger partial charge in [-0.1, -0.05) is 25.1 Å². The minimum Gasteiger partial charge on any atom is -0.444 e. The molecule has 0 aliphatic carbocycles. The third-order valence-corrected chi connectivity index (χ3v) is 4.78. The van der Waals surface area contributed by atoms with Crippen LogP contribution in [0.3, 0.4) is 0 Å². The number of rotatable bonds is 4. The predicted octanol–water partition coefficient (Wildman–Crippen LogP) is 4.01. The lowest BCUT2D eigenvalue weighted by Gasteiger charge is -2.29. The molecule has 3 rings (SSSR count). The SMILES string of the molecule is C[C@@H](C(=O)N1CCc2cccnc21)[C@H](NC(=O)OC(C)(C)C)c1ccc(F)cc1. The monoisotopic (exact) mass is 399 g/mol. The molecule has 0 bridgehead atoms. The number of fused-ring (bicyclic) bond motifs is 1. The minimum atomic E-state index is -0.678. The van der Waals surface area contributed by atoms with E-state index in [1.54, 1.807) is 50.9 Å². The van der Waals surface area contributed by atoms with E-state index in [2.05, 4.69) is 10.3 Å². The lowest BCUT2D eigenvalue weighted by molar-refractivity contribution is -0.122. The largest absolute Gasteiger partial charge is 0.444 e. The quantitative estimate of drug-likeness (QED) is 0.843. The number of hydrogen-bond acceptors (Lipinski definition) is 4. The summed E-state index contributed by atoms with van der Waals surface area (Å²) in [6.45, 7) is 7.58. The Kier molecular flexibility index (Phi) is 5.86. The second-order valence-electron chi connectivity index (χ2n) is 8.19. The van der Waals surface area contributed by atoms with Crippen LogP contribution in [0.25, 0.3) is 0 Å². The maximum absolute atomic E-state index is 13.4. The van der Waals surface area contributed by atoms with Crippen molar-refractivity contribution in [3.05, 3.63) is 59.5 Å². The summed E-state index contributed by atoms with van der Waals surface area (Å²) in [7, 11) is 0. The summed E-state index contributed by atoms with van der Waals surface area (Å²) in [6, 6.07) is 8.88. The molecular formula is C22H26FN3O3. The Morgan fingerprint density at radius 1 is 1.21 bits per heavy atom. The van der Waals surface area contributed by atoms with Crippen molar-refractivity contribution in [2.45, 2.75) is 45.8 Å². The lowest BCUT2D eigenvalue weighted by atomic mass is 9.93. The summed E-state index contributed by atoms with van der Waals surface area (Å²) in [6.07, 6.45) is 1.76. The molecule has 0 spiro atoms. The summed E-state index contributed by atoms with van der Waals surface area (Å²) < 4.78 is 18.8. The van der Waals surface area contributed by atoms with Crippen LogP contribution in [0.1, 0.15) is 44.9 Å². The van der Waals surface area contributed by atoms with Gasteiger partial charge >= 0.3 is 6.09 Å². The van der Waals surface area contributed by atoms with Crippen LogP contribution in [0, 0.1) is 11.7 Å². The summed E-state index contributed by atoms with van der Waals surface area (Å²) in [5, 5.41) is 2.79. The van der Waals surface area contributed by atoms with Gasteiger partial charge in [0.1, 0.15) is 17.2 Å². The average Bonchev–Trinajstić information content (AvgIpc) is 3.08. The molecule has 0 fully saturated rings. The Hall–Kier alpha value is -2.96. The van der Waals surface area contributed by atoms with Crippen molar-refractivity contribution in [1.29, 1.82) is 0 Å². The number of amides is 2. The number of anilines is 1. The Balaban J connectivity index is 1.85. The molecule has 1 aromatic heterocycles. The number of carbonyl (C=O) groups excluding carboxylic acids is 2. The van der Waals surface area contributed by atoms with Gasteiger partial charge in [-0.3, -0.25) is 9.69 Å². The highest BCUT2D eigenvalue weighted by Crippen LogP contribution is 2.30. The fourth-order valence-corrected chi connectivity index (χ4v) is 3.41. The second kappa shape index (κ2) is 8.19. The summed E-state index contributed by atoms with van der Waals surface area (Å²) in [5.74, 6) is -0.505. The third kappa shape index (κ3) is 4.91. The van der Waals surface area contributed by atoms with E-state index in [1.807, 2.05) is 12.1 Å². The molecule has 154 valence electrons. The van der Waals surface area contributed by atoms with Crippen LogP contribution in [0.15, 0.2) is 42.6 Å². The fourth-order valence-electron chi connectivity index (χ4n) is 3.41. The van der Waals surface area contributed by atoms with E-state index in [9.17, 15) is 14.0 Å². The van der Waals surface area contributed by atoms with E-state index < -0.39 is 23.7 Å². The Labute approximate surface area is 170 Å². The standard InChI is InChI=1S/C22H26FN3O3/c1-14(20(27)26-13-11-16-6-5-12-24-19(16)26)18(15-7-9-17(23)10-8-15)25-21(28)29-22(2,3)4/h5-10,12,14,18H,11,13H2,1-4H3,(H,25,28)/t14-,18+/m1/s1. The Morgan fingerprint density at radius 3 is 2.55 bits per heavy atom. The molecule has 0 radical (unpaired) electrons. The molecule has 1 aromatic carbocycles. The van der Waals surface area contributed by atoms with Crippen LogP contribution < -0.4 is 10.2 Å². The van der Waals surface area contributed by atoms with Gasteiger partial charge < -0.3 is 10.1 Å². The highest BCUT2D eigenvalue weighted by Gasteiger charge is 2.35. The first-order chi connectivity index (χ1) is 13.7. The van der Waals surface area contributed by atoms with Crippen molar-refractivity contribution < 1.29 is 18.7 Å². The van der Waals surface area contributed by atoms with E-state index in [0.717, 1.165) is 12.0 Å². The highest BCUT2D eigenvalue weighted by atomic mass is 19.1. The number of alkyl carbamates (subject to hydrolysis) is 1. The zero-order chi connectivity index (χ0) is 21.2. The van der Waals surface area contributed by atoms with Crippen molar-refractivity contribution in [2.24, 2.45) is 5.92 Å².